The normalized spacial score (nSPS) is 22.9. The Bertz CT molecular complexity index is 180. The van der Waals surface area contributed by atoms with Gasteiger partial charge in [-0.3, -0.25) is 0 Å². The van der Waals surface area contributed by atoms with Gasteiger partial charge in [-0.15, -0.1) is 0 Å². The molecule has 0 aliphatic carbocycles. The second-order valence-electron chi connectivity index (χ2n) is 6.08. The lowest BCUT2D eigenvalue weighted by Gasteiger charge is -2.19. The van der Waals surface area contributed by atoms with Crippen molar-refractivity contribution in [3.63, 3.8) is 0 Å². The SMILES string of the molecule is CC(C)CCCCCCN1CCNC(C)CC1. The van der Waals surface area contributed by atoms with Crippen molar-refractivity contribution in [2.45, 2.75) is 65.3 Å². The van der Waals surface area contributed by atoms with Gasteiger partial charge in [0.25, 0.3) is 0 Å². The zero-order chi connectivity index (χ0) is 12.5. The van der Waals surface area contributed by atoms with E-state index in [0.717, 1.165) is 5.92 Å². The number of hydrogen-bond acceptors (Lipinski definition) is 2. The van der Waals surface area contributed by atoms with E-state index in [1.165, 1.54) is 64.7 Å². The van der Waals surface area contributed by atoms with Gasteiger partial charge in [0, 0.05) is 19.1 Å². The summed E-state index contributed by atoms with van der Waals surface area (Å²) in [4.78, 5) is 2.64. The molecule has 1 rings (SSSR count). The Morgan fingerprint density at radius 3 is 2.65 bits per heavy atom. The first-order chi connectivity index (χ1) is 8.18. The smallest absolute Gasteiger partial charge is 0.0107 e. The molecule has 1 aliphatic rings. The lowest BCUT2D eigenvalue weighted by molar-refractivity contribution is 0.282. The molecule has 1 N–H and O–H groups in total. The van der Waals surface area contributed by atoms with Crippen LogP contribution < -0.4 is 5.32 Å². The molecular weight excluding hydrogens is 208 g/mol. The van der Waals surface area contributed by atoms with Crippen LogP contribution in [0.2, 0.25) is 0 Å². The Morgan fingerprint density at radius 2 is 1.88 bits per heavy atom. The third kappa shape index (κ3) is 7.77. The van der Waals surface area contributed by atoms with Crippen molar-refractivity contribution in [1.82, 2.24) is 10.2 Å². The summed E-state index contributed by atoms with van der Waals surface area (Å²) < 4.78 is 0. The van der Waals surface area contributed by atoms with E-state index >= 15 is 0 Å². The van der Waals surface area contributed by atoms with Crippen molar-refractivity contribution in [2.75, 3.05) is 26.2 Å². The van der Waals surface area contributed by atoms with Crippen molar-refractivity contribution < 1.29 is 0 Å². The van der Waals surface area contributed by atoms with E-state index < -0.39 is 0 Å². The van der Waals surface area contributed by atoms with Crippen LogP contribution in [0.15, 0.2) is 0 Å². The van der Waals surface area contributed by atoms with E-state index in [-0.39, 0.29) is 0 Å². The Balaban J connectivity index is 1.95. The van der Waals surface area contributed by atoms with Crippen molar-refractivity contribution >= 4 is 0 Å². The minimum Gasteiger partial charge on any atom is -0.313 e. The summed E-state index contributed by atoms with van der Waals surface area (Å²) >= 11 is 0. The Labute approximate surface area is 108 Å². The monoisotopic (exact) mass is 240 g/mol. The molecule has 17 heavy (non-hydrogen) atoms. The van der Waals surface area contributed by atoms with Crippen LogP contribution in [-0.2, 0) is 0 Å². The number of hydrogen-bond donors (Lipinski definition) is 1. The molecule has 0 amide bonds. The highest BCUT2D eigenvalue weighted by Crippen LogP contribution is 2.10. The topological polar surface area (TPSA) is 15.3 Å². The maximum Gasteiger partial charge on any atom is 0.0107 e. The lowest BCUT2D eigenvalue weighted by Crippen LogP contribution is -2.29. The molecule has 102 valence electrons. The van der Waals surface area contributed by atoms with Gasteiger partial charge in [0.1, 0.15) is 0 Å². The van der Waals surface area contributed by atoms with Crippen LogP contribution in [0.25, 0.3) is 0 Å². The number of unbranched alkanes of at least 4 members (excludes halogenated alkanes) is 3. The molecule has 2 nitrogen and oxygen atoms in total. The summed E-state index contributed by atoms with van der Waals surface area (Å²) in [6.45, 7) is 12.0. The predicted octanol–water partition coefficient (Wildman–Crippen LogP) is 3.28. The van der Waals surface area contributed by atoms with Crippen molar-refractivity contribution in [3.8, 4) is 0 Å². The fourth-order valence-corrected chi connectivity index (χ4v) is 2.52. The van der Waals surface area contributed by atoms with E-state index in [1.54, 1.807) is 0 Å². The molecule has 0 spiro atoms. The summed E-state index contributed by atoms with van der Waals surface area (Å²) in [7, 11) is 0. The van der Waals surface area contributed by atoms with E-state index in [1.807, 2.05) is 0 Å². The van der Waals surface area contributed by atoms with Gasteiger partial charge in [0.05, 0.1) is 0 Å². The van der Waals surface area contributed by atoms with Gasteiger partial charge in [0.15, 0.2) is 0 Å². The van der Waals surface area contributed by atoms with Gasteiger partial charge < -0.3 is 10.2 Å². The summed E-state index contributed by atoms with van der Waals surface area (Å²) in [5.74, 6) is 0.883. The largest absolute Gasteiger partial charge is 0.313 e. The first-order valence-electron chi connectivity index (χ1n) is 7.64. The van der Waals surface area contributed by atoms with Crippen LogP contribution in [-0.4, -0.2) is 37.1 Å². The fraction of sp³-hybridized carbons (Fsp3) is 1.00. The molecule has 1 heterocycles. The minimum atomic E-state index is 0.714. The number of rotatable bonds is 7. The fourth-order valence-electron chi connectivity index (χ4n) is 2.52. The lowest BCUT2D eigenvalue weighted by atomic mass is 10.0. The molecule has 2 heteroatoms. The Kier molecular flexibility index (Phi) is 7.87. The summed E-state index contributed by atoms with van der Waals surface area (Å²) in [5, 5.41) is 3.56. The van der Waals surface area contributed by atoms with Crippen LogP contribution in [0.4, 0.5) is 0 Å². The zero-order valence-corrected chi connectivity index (χ0v) is 12.2. The van der Waals surface area contributed by atoms with E-state index in [4.69, 9.17) is 0 Å². The highest BCUT2D eigenvalue weighted by atomic mass is 15.2. The van der Waals surface area contributed by atoms with Crippen molar-refractivity contribution in [3.05, 3.63) is 0 Å². The first kappa shape index (κ1) is 15.0. The highest BCUT2D eigenvalue weighted by molar-refractivity contribution is 4.71. The molecule has 0 aromatic rings. The molecular formula is C15H32N2. The molecule has 0 saturated carbocycles. The average molecular weight is 240 g/mol. The molecule has 1 aliphatic heterocycles. The second kappa shape index (κ2) is 8.93. The third-order valence-corrected chi connectivity index (χ3v) is 3.80. The zero-order valence-electron chi connectivity index (χ0n) is 12.2. The Hall–Kier alpha value is -0.0800. The van der Waals surface area contributed by atoms with Crippen LogP contribution in [0.1, 0.15) is 59.3 Å². The summed E-state index contributed by atoms with van der Waals surface area (Å²) in [6, 6.07) is 0.714. The van der Waals surface area contributed by atoms with E-state index in [9.17, 15) is 0 Å². The second-order valence-corrected chi connectivity index (χ2v) is 6.08. The van der Waals surface area contributed by atoms with Gasteiger partial charge in [-0.1, -0.05) is 39.5 Å². The molecule has 1 atom stereocenters. The summed E-state index contributed by atoms with van der Waals surface area (Å²) in [5.41, 5.74) is 0. The van der Waals surface area contributed by atoms with Crippen LogP contribution in [0.3, 0.4) is 0 Å². The molecule has 0 aromatic heterocycles. The maximum absolute atomic E-state index is 3.56. The van der Waals surface area contributed by atoms with Gasteiger partial charge in [-0.25, -0.2) is 0 Å². The standard InChI is InChI=1S/C15H32N2/c1-14(2)8-6-4-5-7-11-17-12-9-15(3)16-10-13-17/h14-16H,4-13H2,1-3H3. The van der Waals surface area contributed by atoms with Crippen LogP contribution in [0, 0.1) is 5.92 Å². The van der Waals surface area contributed by atoms with Crippen LogP contribution >= 0.6 is 0 Å². The first-order valence-corrected chi connectivity index (χ1v) is 7.64. The quantitative estimate of drug-likeness (QED) is 0.687. The molecule has 1 saturated heterocycles. The van der Waals surface area contributed by atoms with Crippen molar-refractivity contribution in [2.24, 2.45) is 5.92 Å². The molecule has 0 radical (unpaired) electrons. The third-order valence-electron chi connectivity index (χ3n) is 3.80. The van der Waals surface area contributed by atoms with Gasteiger partial charge in [-0.2, -0.15) is 0 Å². The van der Waals surface area contributed by atoms with Gasteiger partial charge in [0.2, 0.25) is 0 Å². The Morgan fingerprint density at radius 1 is 1.12 bits per heavy atom. The number of nitrogens with one attached hydrogen (secondary N) is 1. The number of nitrogens with zero attached hydrogens (tertiary/aromatic N) is 1. The predicted molar refractivity (Wildman–Crippen MR) is 76.4 cm³/mol. The molecule has 0 bridgehead atoms. The minimum absolute atomic E-state index is 0.714. The average Bonchev–Trinajstić information content (AvgIpc) is 2.48. The van der Waals surface area contributed by atoms with E-state index in [0.29, 0.717) is 6.04 Å². The molecule has 1 unspecified atom stereocenters. The van der Waals surface area contributed by atoms with Crippen molar-refractivity contribution in [1.29, 1.82) is 0 Å². The maximum atomic E-state index is 3.56. The highest BCUT2D eigenvalue weighted by Gasteiger charge is 2.11. The van der Waals surface area contributed by atoms with E-state index in [2.05, 4.69) is 31.0 Å². The van der Waals surface area contributed by atoms with Gasteiger partial charge in [-0.05, 0) is 38.8 Å². The van der Waals surface area contributed by atoms with Gasteiger partial charge >= 0.3 is 0 Å². The molecule has 0 aromatic carbocycles. The molecule has 1 fully saturated rings. The summed E-state index contributed by atoms with van der Waals surface area (Å²) in [6.07, 6.45) is 8.40. The van der Waals surface area contributed by atoms with Crippen LogP contribution in [0.5, 0.6) is 0 Å².